The van der Waals surface area contributed by atoms with Gasteiger partial charge in [-0.3, -0.25) is 15.4 Å². The normalized spacial score (nSPS) is 26.8. The van der Waals surface area contributed by atoms with E-state index in [1.54, 1.807) is 0 Å². The van der Waals surface area contributed by atoms with Crippen LogP contribution in [-0.4, -0.2) is 53.6 Å². The quantitative estimate of drug-likeness (QED) is 0.544. The summed E-state index contributed by atoms with van der Waals surface area (Å²) in [6.45, 7) is 2.43. The van der Waals surface area contributed by atoms with Gasteiger partial charge in [-0.05, 0) is 6.42 Å². The molecule has 2 aliphatic heterocycles. The zero-order valence-corrected chi connectivity index (χ0v) is 11.2. The molecule has 2 N–H and O–H groups in total. The van der Waals surface area contributed by atoms with E-state index in [0.29, 0.717) is 19.0 Å². The number of nitrogens with one attached hydrogen (secondary N) is 2. The summed E-state index contributed by atoms with van der Waals surface area (Å²) in [5, 5.41) is 17.0. The lowest BCUT2D eigenvalue weighted by Gasteiger charge is -2.27. The molecule has 0 amide bonds. The highest BCUT2D eigenvalue weighted by molar-refractivity contribution is 4.99. The van der Waals surface area contributed by atoms with E-state index in [0.717, 1.165) is 19.5 Å². The average molecular weight is 267 g/mol. The molecule has 0 aromatic rings. The minimum Gasteiger partial charge on any atom is -0.354 e. The van der Waals surface area contributed by atoms with E-state index in [9.17, 15) is 10.1 Å². The Hall–Kier alpha value is -1.60. The van der Waals surface area contributed by atoms with Gasteiger partial charge in [0.1, 0.15) is 0 Å². The second kappa shape index (κ2) is 6.53. The van der Waals surface area contributed by atoms with Crippen LogP contribution in [0.5, 0.6) is 0 Å². The van der Waals surface area contributed by atoms with Crippen LogP contribution >= 0.6 is 0 Å². The summed E-state index contributed by atoms with van der Waals surface area (Å²) in [5.74, 6) is 0. The highest BCUT2D eigenvalue weighted by atomic mass is 16.6. The summed E-state index contributed by atoms with van der Waals surface area (Å²) < 4.78 is 0. The molecule has 0 bridgehead atoms. The molecule has 7 nitrogen and oxygen atoms in total. The van der Waals surface area contributed by atoms with E-state index < -0.39 is 6.17 Å². The Morgan fingerprint density at radius 3 is 2.68 bits per heavy atom. The van der Waals surface area contributed by atoms with Crippen LogP contribution in [0.1, 0.15) is 12.8 Å². The molecule has 2 rings (SSSR count). The van der Waals surface area contributed by atoms with Crippen LogP contribution in [0.4, 0.5) is 0 Å². The van der Waals surface area contributed by atoms with Crippen molar-refractivity contribution in [2.24, 2.45) is 0 Å². The number of piperidine rings is 1. The van der Waals surface area contributed by atoms with E-state index in [1.807, 2.05) is 36.7 Å². The van der Waals surface area contributed by atoms with Gasteiger partial charge in [-0.25, -0.2) is 0 Å². The second-order valence-electron chi connectivity index (χ2n) is 4.94. The molecule has 0 aliphatic carbocycles. The zero-order chi connectivity index (χ0) is 13.7. The van der Waals surface area contributed by atoms with Gasteiger partial charge in [0, 0.05) is 68.9 Å². The largest absolute Gasteiger partial charge is 0.354 e. The minimum absolute atomic E-state index is 0.240. The highest BCUT2D eigenvalue weighted by Gasteiger charge is 2.27. The van der Waals surface area contributed by atoms with Gasteiger partial charge in [0.05, 0.1) is 0 Å². The molecule has 1 saturated heterocycles. The maximum atomic E-state index is 10.6. The van der Waals surface area contributed by atoms with Crippen molar-refractivity contribution in [1.29, 1.82) is 0 Å². The first-order valence-electron chi connectivity index (χ1n) is 6.60. The third kappa shape index (κ3) is 4.22. The first-order valence-corrected chi connectivity index (χ1v) is 6.60. The first-order chi connectivity index (χ1) is 9.15. The Labute approximate surface area is 113 Å². The summed E-state index contributed by atoms with van der Waals surface area (Å²) in [5.41, 5.74) is 0. The molecule has 2 heterocycles. The van der Waals surface area contributed by atoms with E-state index in [-0.39, 0.29) is 4.92 Å². The Balaban J connectivity index is 1.61. The SMILES string of the molecule is CN1C=CN(CCNC2CCC([N+](=O)[O-])NC2)C=C1. The fourth-order valence-electron chi connectivity index (χ4n) is 2.22. The van der Waals surface area contributed by atoms with Crippen LogP contribution in [0.15, 0.2) is 24.8 Å². The smallest absolute Gasteiger partial charge is 0.266 e. The van der Waals surface area contributed by atoms with Gasteiger partial charge in [0.2, 0.25) is 0 Å². The Bertz CT molecular complexity index is 349. The molecule has 7 heteroatoms. The number of nitro groups is 1. The molecule has 0 saturated carbocycles. The van der Waals surface area contributed by atoms with Gasteiger partial charge < -0.3 is 15.1 Å². The van der Waals surface area contributed by atoms with Crippen molar-refractivity contribution in [3.05, 3.63) is 34.9 Å². The molecule has 0 aromatic heterocycles. The van der Waals surface area contributed by atoms with Gasteiger partial charge in [-0.15, -0.1) is 0 Å². The number of hydrogen-bond donors (Lipinski definition) is 2. The van der Waals surface area contributed by atoms with Crippen LogP contribution in [0.3, 0.4) is 0 Å². The predicted octanol–water partition coefficient (Wildman–Crippen LogP) is 0.121. The third-order valence-electron chi connectivity index (χ3n) is 3.43. The molecular formula is C12H21N5O2. The molecular weight excluding hydrogens is 246 g/mol. The van der Waals surface area contributed by atoms with Crippen LogP contribution in [0.25, 0.3) is 0 Å². The number of nitrogens with zero attached hydrogens (tertiary/aromatic N) is 3. The lowest BCUT2D eigenvalue weighted by atomic mass is 10.1. The Morgan fingerprint density at radius 2 is 2.11 bits per heavy atom. The van der Waals surface area contributed by atoms with Crippen LogP contribution < -0.4 is 10.6 Å². The second-order valence-corrected chi connectivity index (χ2v) is 4.94. The molecule has 19 heavy (non-hydrogen) atoms. The monoisotopic (exact) mass is 267 g/mol. The van der Waals surface area contributed by atoms with Crippen molar-refractivity contribution in [1.82, 2.24) is 20.4 Å². The molecule has 0 spiro atoms. The molecule has 0 radical (unpaired) electrons. The maximum Gasteiger partial charge on any atom is 0.266 e. The topological polar surface area (TPSA) is 73.7 Å². The highest BCUT2D eigenvalue weighted by Crippen LogP contribution is 2.08. The molecule has 1 fully saturated rings. The van der Waals surface area contributed by atoms with E-state index >= 15 is 0 Å². The summed E-state index contributed by atoms with van der Waals surface area (Å²) in [7, 11) is 1.99. The van der Waals surface area contributed by atoms with E-state index in [2.05, 4.69) is 15.5 Å². The first kappa shape index (κ1) is 13.8. The summed E-state index contributed by atoms with van der Waals surface area (Å²) in [6, 6.07) is 0.330. The van der Waals surface area contributed by atoms with Crippen molar-refractivity contribution in [3.8, 4) is 0 Å². The van der Waals surface area contributed by atoms with E-state index in [4.69, 9.17) is 0 Å². The van der Waals surface area contributed by atoms with Crippen LogP contribution in [0.2, 0.25) is 0 Å². The molecule has 106 valence electrons. The molecule has 2 unspecified atom stereocenters. The fraction of sp³-hybridized carbons (Fsp3) is 0.667. The Kier molecular flexibility index (Phi) is 4.75. The van der Waals surface area contributed by atoms with Gasteiger partial charge in [-0.1, -0.05) is 0 Å². The van der Waals surface area contributed by atoms with Crippen LogP contribution in [0, 0.1) is 10.1 Å². The van der Waals surface area contributed by atoms with Crippen molar-refractivity contribution in [2.75, 3.05) is 26.7 Å². The standard InChI is InChI=1S/C12H21N5O2/c1-15-6-8-16(9-7-15)5-4-13-11-2-3-12(14-10-11)17(18)19/h6-9,11-14H,2-5,10H2,1H3. The lowest BCUT2D eigenvalue weighted by Crippen LogP contribution is -2.51. The number of rotatable bonds is 5. The minimum atomic E-state index is -0.568. The van der Waals surface area contributed by atoms with Gasteiger partial charge in [0.15, 0.2) is 0 Å². The van der Waals surface area contributed by atoms with Crippen molar-refractivity contribution < 1.29 is 4.92 Å². The fourth-order valence-corrected chi connectivity index (χ4v) is 2.22. The summed E-state index contributed by atoms with van der Waals surface area (Å²) in [6.07, 6.45) is 8.95. The molecule has 2 aliphatic rings. The zero-order valence-electron chi connectivity index (χ0n) is 11.2. The van der Waals surface area contributed by atoms with Crippen molar-refractivity contribution in [3.63, 3.8) is 0 Å². The average Bonchev–Trinajstić information content (AvgIpc) is 2.41. The van der Waals surface area contributed by atoms with Crippen molar-refractivity contribution in [2.45, 2.75) is 25.0 Å². The lowest BCUT2D eigenvalue weighted by molar-refractivity contribution is -0.532. The van der Waals surface area contributed by atoms with Gasteiger partial charge in [0.25, 0.3) is 6.17 Å². The van der Waals surface area contributed by atoms with Gasteiger partial charge >= 0.3 is 0 Å². The summed E-state index contributed by atoms with van der Waals surface area (Å²) in [4.78, 5) is 14.5. The molecule has 2 atom stereocenters. The molecule has 0 aromatic carbocycles. The third-order valence-corrected chi connectivity index (χ3v) is 3.43. The predicted molar refractivity (Wildman–Crippen MR) is 72.6 cm³/mol. The van der Waals surface area contributed by atoms with Crippen LogP contribution in [-0.2, 0) is 0 Å². The maximum absolute atomic E-state index is 10.6. The van der Waals surface area contributed by atoms with Gasteiger partial charge in [-0.2, -0.15) is 0 Å². The Morgan fingerprint density at radius 1 is 1.37 bits per heavy atom. The summed E-state index contributed by atoms with van der Waals surface area (Å²) >= 11 is 0. The number of hydrogen-bond acceptors (Lipinski definition) is 6. The van der Waals surface area contributed by atoms with E-state index in [1.165, 1.54) is 0 Å². The van der Waals surface area contributed by atoms with Crippen molar-refractivity contribution >= 4 is 0 Å².